The highest BCUT2D eigenvalue weighted by atomic mass is 35.5. The van der Waals surface area contributed by atoms with Gasteiger partial charge in [0.05, 0.1) is 6.10 Å². The number of hydrogen-bond donors (Lipinski definition) is 5. The van der Waals surface area contributed by atoms with Gasteiger partial charge in [0, 0.05) is 25.1 Å². The van der Waals surface area contributed by atoms with E-state index < -0.39 is 30.0 Å². The Morgan fingerprint density at radius 3 is 2.23 bits per heavy atom. The Bertz CT molecular complexity index is 1140. The van der Waals surface area contributed by atoms with E-state index in [0.717, 1.165) is 16.3 Å². The van der Waals surface area contributed by atoms with Gasteiger partial charge in [-0.15, -0.1) is 12.4 Å². The first-order valence-electron chi connectivity index (χ1n) is 11.2. The van der Waals surface area contributed by atoms with Crippen LogP contribution >= 0.6 is 12.4 Å². The molecule has 1 unspecified atom stereocenters. The lowest BCUT2D eigenvalue weighted by Crippen LogP contribution is -2.54. The number of nitrogens with two attached hydrogens (primary N) is 1. The van der Waals surface area contributed by atoms with Crippen molar-refractivity contribution in [3.8, 4) is 0 Å². The quantitative estimate of drug-likeness (QED) is 0.289. The molecule has 3 aromatic rings. The Morgan fingerprint density at radius 2 is 1.54 bits per heavy atom. The van der Waals surface area contributed by atoms with E-state index in [1.807, 2.05) is 42.5 Å². The monoisotopic (exact) mass is 498 g/mol. The molecule has 6 N–H and O–H groups in total. The highest BCUT2D eigenvalue weighted by Crippen LogP contribution is 2.17. The van der Waals surface area contributed by atoms with Crippen LogP contribution in [0.3, 0.4) is 0 Å². The topological polar surface area (TPSA) is 134 Å². The molecule has 0 spiro atoms. The number of fused-ring (bicyclic) bond motifs is 1. The van der Waals surface area contributed by atoms with E-state index in [9.17, 15) is 19.5 Å². The van der Waals surface area contributed by atoms with Crippen LogP contribution in [0.1, 0.15) is 22.8 Å². The number of nitrogens with one attached hydrogen (secondary N) is 3. The average molecular weight is 499 g/mol. The summed E-state index contributed by atoms with van der Waals surface area (Å²) in [5.74, 6) is -1.33. The van der Waals surface area contributed by atoms with Gasteiger partial charge in [-0.05, 0) is 35.4 Å². The molecule has 9 heteroatoms. The van der Waals surface area contributed by atoms with E-state index >= 15 is 0 Å². The molecule has 0 aliphatic heterocycles. The van der Waals surface area contributed by atoms with Crippen molar-refractivity contribution in [2.45, 2.75) is 31.5 Å². The lowest BCUT2D eigenvalue weighted by molar-refractivity contribution is -0.129. The van der Waals surface area contributed by atoms with E-state index in [1.54, 1.807) is 37.3 Å². The largest absolute Gasteiger partial charge is 0.390 e. The highest BCUT2D eigenvalue weighted by Gasteiger charge is 2.25. The smallest absolute Gasteiger partial charge is 0.251 e. The number of aliphatic hydroxyl groups is 1. The van der Waals surface area contributed by atoms with Gasteiger partial charge in [-0.1, -0.05) is 60.7 Å². The van der Waals surface area contributed by atoms with Crippen molar-refractivity contribution in [2.75, 3.05) is 13.1 Å². The lowest BCUT2D eigenvalue weighted by Gasteiger charge is -2.22. The predicted octanol–water partition coefficient (Wildman–Crippen LogP) is 1.54. The van der Waals surface area contributed by atoms with E-state index in [0.29, 0.717) is 5.56 Å². The number of carbonyl (C=O) groups excluding carboxylic acids is 3. The second-order valence-corrected chi connectivity index (χ2v) is 8.14. The molecule has 8 nitrogen and oxygen atoms in total. The summed E-state index contributed by atoms with van der Waals surface area (Å²) in [6.07, 6.45) is -0.648. The van der Waals surface area contributed by atoms with Crippen LogP contribution in [0.4, 0.5) is 0 Å². The van der Waals surface area contributed by atoms with Gasteiger partial charge in [-0.2, -0.15) is 0 Å². The summed E-state index contributed by atoms with van der Waals surface area (Å²) in [5.41, 5.74) is 6.71. The molecule has 0 heterocycles. The van der Waals surface area contributed by atoms with Crippen molar-refractivity contribution < 1.29 is 19.5 Å². The highest BCUT2D eigenvalue weighted by molar-refractivity contribution is 5.98. The molecule has 0 radical (unpaired) electrons. The van der Waals surface area contributed by atoms with Crippen LogP contribution in [-0.2, 0) is 16.0 Å². The summed E-state index contributed by atoms with van der Waals surface area (Å²) >= 11 is 0. The normalized spacial score (nSPS) is 13.1. The third-order valence-corrected chi connectivity index (χ3v) is 5.45. The molecule has 0 aliphatic rings. The number of benzene rings is 3. The molecule has 0 saturated carbocycles. The van der Waals surface area contributed by atoms with Crippen LogP contribution in [-0.4, -0.2) is 54.1 Å². The molecule has 35 heavy (non-hydrogen) atoms. The molecular formula is C26H31ClN4O4. The van der Waals surface area contributed by atoms with Gasteiger partial charge >= 0.3 is 0 Å². The van der Waals surface area contributed by atoms with E-state index in [1.165, 1.54) is 0 Å². The minimum atomic E-state index is -0.908. The molecule has 3 amide bonds. The third-order valence-electron chi connectivity index (χ3n) is 5.45. The van der Waals surface area contributed by atoms with Crippen LogP contribution in [0, 0.1) is 0 Å². The maximum atomic E-state index is 12.9. The van der Waals surface area contributed by atoms with E-state index in [-0.39, 0.29) is 37.8 Å². The molecule has 3 aromatic carbocycles. The first-order chi connectivity index (χ1) is 16.4. The zero-order valence-corrected chi connectivity index (χ0v) is 20.3. The molecule has 0 aliphatic carbocycles. The van der Waals surface area contributed by atoms with Crippen molar-refractivity contribution in [3.05, 3.63) is 83.9 Å². The van der Waals surface area contributed by atoms with Gasteiger partial charge in [0.25, 0.3) is 5.91 Å². The van der Waals surface area contributed by atoms with Crippen molar-refractivity contribution >= 4 is 40.9 Å². The van der Waals surface area contributed by atoms with Gasteiger partial charge in [-0.25, -0.2) is 0 Å². The van der Waals surface area contributed by atoms with Crippen LogP contribution < -0.4 is 21.7 Å². The van der Waals surface area contributed by atoms with Gasteiger partial charge < -0.3 is 26.8 Å². The number of rotatable bonds is 10. The fourth-order valence-electron chi connectivity index (χ4n) is 3.47. The number of aliphatic hydroxyl groups excluding tert-OH is 1. The van der Waals surface area contributed by atoms with Crippen LogP contribution in [0.15, 0.2) is 72.8 Å². The first-order valence-corrected chi connectivity index (χ1v) is 11.2. The zero-order chi connectivity index (χ0) is 24.5. The second kappa shape index (κ2) is 13.4. The fourth-order valence-corrected chi connectivity index (χ4v) is 3.47. The Labute approximate surface area is 210 Å². The summed E-state index contributed by atoms with van der Waals surface area (Å²) in [7, 11) is 0. The van der Waals surface area contributed by atoms with E-state index in [4.69, 9.17) is 5.73 Å². The molecule has 0 fully saturated rings. The summed E-state index contributed by atoms with van der Waals surface area (Å²) in [4.78, 5) is 38.1. The van der Waals surface area contributed by atoms with Crippen molar-refractivity contribution in [1.82, 2.24) is 16.0 Å². The maximum absolute atomic E-state index is 12.9. The Hall–Kier alpha value is -3.46. The number of amides is 3. The van der Waals surface area contributed by atoms with Gasteiger partial charge in [0.1, 0.15) is 12.1 Å². The van der Waals surface area contributed by atoms with Crippen molar-refractivity contribution in [3.63, 3.8) is 0 Å². The maximum Gasteiger partial charge on any atom is 0.251 e. The van der Waals surface area contributed by atoms with E-state index in [2.05, 4.69) is 16.0 Å². The van der Waals surface area contributed by atoms with Gasteiger partial charge in [0.2, 0.25) is 11.8 Å². The Kier molecular flexibility index (Phi) is 10.7. The molecule has 0 bridgehead atoms. The fraction of sp³-hybridized carbons (Fsp3) is 0.269. The van der Waals surface area contributed by atoms with Crippen LogP contribution in [0.5, 0.6) is 0 Å². The summed E-state index contributed by atoms with van der Waals surface area (Å²) in [6, 6.07) is 20.5. The molecule has 3 atom stereocenters. The molecule has 3 rings (SSSR count). The lowest BCUT2D eigenvalue weighted by atomic mass is 10.0. The minimum absolute atomic E-state index is 0. The second-order valence-electron chi connectivity index (χ2n) is 8.14. The number of hydrogen-bond acceptors (Lipinski definition) is 5. The first kappa shape index (κ1) is 27.8. The standard InChI is InChI=1S/C26H30N4O4.ClH/c1-17(29-25(33)20-8-3-2-4-9-20)24(32)30-23(26(34)28-16-22(31)15-27)14-18-11-12-19-7-5-6-10-21(19)13-18;/h2-13,17,22-23,31H,14-16,27H2,1H3,(H,28,34)(H,29,33)(H,30,32);1H/t17-,22?,23+;/m0./s1. The van der Waals surface area contributed by atoms with Gasteiger partial charge in [0.15, 0.2) is 0 Å². The summed E-state index contributed by atoms with van der Waals surface area (Å²) in [6.45, 7) is 1.53. The van der Waals surface area contributed by atoms with Crippen molar-refractivity contribution in [2.24, 2.45) is 5.73 Å². The molecular weight excluding hydrogens is 468 g/mol. The summed E-state index contributed by atoms with van der Waals surface area (Å²) < 4.78 is 0. The minimum Gasteiger partial charge on any atom is -0.390 e. The predicted molar refractivity (Wildman–Crippen MR) is 138 cm³/mol. The third kappa shape index (κ3) is 8.06. The van der Waals surface area contributed by atoms with Gasteiger partial charge in [-0.3, -0.25) is 14.4 Å². The van der Waals surface area contributed by atoms with Crippen LogP contribution in [0.2, 0.25) is 0 Å². The summed E-state index contributed by atoms with van der Waals surface area (Å²) in [5, 5.41) is 19.8. The number of carbonyl (C=O) groups is 3. The Morgan fingerprint density at radius 1 is 0.886 bits per heavy atom. The van der Waals surface area contributed by atoms with Crippen LogP contribution in [0.25, 0.3) is 10.8 Å². The molecule has 186 valence electrons. The average Bonchev–Trinajstić information content (AvgIpc) is 2.86. The van der Waals surface area contributed by atoms with Crippen molar-refractivity contribution in [1.29, 1.82) is 0 Å². The SMILES string of the molecule is C[C@H](NC(=O)c1ccccc1)C(=O)N[C@H](Cc1ccc2ccccc2c1)C(=O)NCC(O)CN.Cl. The number of halogens is 1. The zero-order valence-electron chi connectivity index (χ0n) is 19.4. The molecule has 0 saturated heterocycles. The molecule has 0 aromatic heterocycles. The Balaban J connectivity index is 0.00000432.